The summed E-state index contributed by atoms with van der Waals surface area (Å²) in [5.74, 6) is 0.00181. The minimum absolute atomic E-state index is 0.352. The van der Waals surface area contributed by atoms with E-state index in [-0.39, 0.29) is 0 Å². The Bertz CT molecular complexity index is 244. The average molecular weight is 268 g/mol. The number of rotatable bonds is 13. The molecule has 0 heterocycles. The fraction of sp³-hybridized carbons (Fsp3) is 0.824. The molecule has 2 heteroatoms. The van der Waals surface area contributed by atoms with Crippen LogP contribution in [0.3, 0.4) is 0 Å². The molecule has 0 radical (unpaired) electrons. The molecule has 0 aromatic carbocycles. The summed E-state index contributed by atoms with van der Waals surface area (Å²) < 4.78 is 0. The molecule has 0 aliphatic rings. The van der Waals surface area contributed by atoms with Gasteiger partial charge in [0.2, 0.25) is 0 Å². The smallest absolute Gasteiger partial charge is 0.330 e. The zero-order valence-electron chi connectivity index (χ0n) is 12.9. The number of carboxylic acids is 1. The summed E-state index contributed by atoms with van der Waals surface area (Å²) in [5.41, 5.74) is 0.352. The first kappa shape index (κ1) is 18.2. The van der Waals surface area contributed by atoms with Crippen molar-refractivity contribution in [3.63, 3.8) is 0 Å². The van der Waals surface area contributed by atoms with Crippen LogP contribution in [0.15, 0.2) is 12.2 Å². The third-order valence-corrected chi connectivity index (χ3v) is 3.56. The second-order valence-corrected chi connectivity index (χ2v) is 6.02. The monoisotopic (exact) mass is 268 g/mol. The van der Waals surface area contributed by atoms with Crippen molar-refractivity contribution in [1.82, 2.24) is 0 Å². The maximum Gasteiger partial charge on any atom is 0.330 e. The molecule has 0 aromatic heterocycles. The van der Waals surface area contributed by atoms with Crippen molar-refractivity contribution in [1.29, 1.82) is 0 Å². The van der Waals surface area contributed by atoms with Crippen LogP contribution in [0.2, 0.25) is 0 Å². The van der Waals surface area contributed by atoms with E-state index >= 15 is 0 Å². The second kappa shape index (κ2) is 12.3. The van der Waals surface area contributed by atoms with Gasteiger partial charge in [0, 0.05) is 5.57 Å². The lowest BCUT2D eigenvalue weighted by atomic mass is 10.0. The Morgan fingerprint density at radius 3 is 1.74 bits per heavy atom. The van der Waals surface area contributed by atoms with E-state index in [2.05, 4.69) is 20.4 Å². The normalized spacial score (nSPS) is 10.9. The van der Waals surface area contributed by atoms with Crippen LogP contribution in [0.4, 0.5) is 0 Å². The van der Waals surface area contributed by atoms with Crippen molar-refractivity contribution in [3.8, 4) is 0 Å². The number of unbranched alkanes of at least 4 members (excludes halogenated alkanes) is 8. The van der Waals surface area contributed by atoms with Gasteiger partial charge >= 0.3 is 5.97 Å². The molecule has 0 saturated heterocycles. The van der Waals surface area contributed by atoms with Crippen molar-refractivity contribution in [2.45, 2.75) is 84.5 Å². The lowest BCUT2D eigenvalue weighted by molar-refractivity contribution is -0.132. The zero-order valence-corrected chi connectivity index (χ0v) is 12.9. The molecule has 0 aromatic rings. The molecule has 0 fully saturated rings. The molecular weight excluding hydrogens is 236 g/mol. The minimum Gasteiger partial charge on any atom is -0.478 e. The summed E-state index contributed by atoms with van der Waals surface area (Å²) in [6, 6.07) is 0. The van der Waals surface area contributed by atoms with Gasteiger partial charge in [0.05, 0.1) is 0 Å². The molecule has 0 spiro atoms. The highest BCUT2D eigenvalue weighted by molar-refractivity contribution is 5.85. The molecule has 0 aliphatic heterocycles. The average Bonchev–Trinajstić information content (AvgIpc) is 2.35. The fourth-order valence-electron chi connectivity index (χ4n) is 2.24. The molecule has 2 nitrogen and oxygen atoms in total. The summed E-state index contributed by atoms with van der Waals surface area (Å²) in [6.45, 7) is 8.12. The molecule has 0 saturated carbocycles. The Hall–Kier alpha value is -0.790. The second-order valence-electron chi connectivity index (χ2n) is 6.02. The first-order valence-corrected chi connectivity index (χ1v) is 7.95. The van der Waals surface area contributed by atoms with Crippen LogP contribution in [0.25, 0.3) is 0 Å². The predicted octanol–water partition coefficient (Wildman–Crippen LogP) is 5.57. The summed E-state index contributed by atoms with van der Waals surface area (Å²) in [6.07, 6.45) is 13.5. The van der Waals surface area contributed by atoms with Gasteiger partial charge < -0.3 is 5.11 Å². The third kappa shape index (κ3) is 13.4. The van der Waals surface area contributed by atoms with Gasteiger partial charge in [0.15, 0.2) is 0 Å². The highest BCUT2D eigenvalue weighted by Crippen LogP contribution is 2.14. The Labute approximate surface area is 119 Å². The molecule has 0 atom stereocenters. The van der Waals surface area contributed by atoms with Crippen LogP contribution in [0.5, 0.6) is 0 Å². The van der Waals surface area contributed by atoms with Gasteiger partial charge in [-0.25, -0.2) is 4.79 Å². The van der Waals surface area contributed by atoms with E-state index in [0.717, 1.165) is 18.8 Å². The third-order valence-electron chi connectivity index (χ3n) is 3.56. The Balaban J connectivity index is 3.11. The summed E-state index contributed by atoms with van der Waals surface area (Å²) in [4.78, 5) is 10.5. The standard InChI is InChI=1S/C17H32O2/c1-15(2)13-11-9-7-5-4-6-8-10-12-14-16(3)17(18)19/h15H,3-14H2,1-2H3,(H,18,19). The van der Waals surface area contributed by atoms with E-state index < -0.39 is 5.97 Å². The molecule has 0 unspecified atom stereocenters. The van der Waals surface area contributed by atoms with Gasteiger partial charge in [0.1, 0.15) is 0 Å². The van der Waals surface area contributed by atoms with Crippen LogP contribution in [-0.2, 0) is 4.79 Å². The summed E-state index contributed by atoms with van der Waals surface area (Å²) >= 11 is 0. The fourth-order valence-corrected chi connectivity index (χ4v) is 2.24. The highest BCUT2D eigenvalue weighted by atomic mass is 16.4. The van der Waals surface area contributed by atoms with E-state index in [9.17, 15) is 4.79 Å². The Morgan fingerprint density at radius 1 is 0.895 bits per heavy atom. The van der Waals surface area contributed by atoms with E-state index in [0.29, 0.717) is 12.0 Å². The predicted molar refractivity (Wildman–Crippen MR) is 82.4 cm³/mol. The van der Waals surface area contributed by atoms with Crippen molar-refractivity contribution in [2.24, 2.45) is 5.92 Å². The minimum atomic E-state index is -0.846. The van der Waals surface area contributed by atoms with Gasteiger partial charge in [-0.05, 0) is 18.8 Å². The number of carboxylic acid groups (broad SMARTS) is 1. The number of hydrogen-bond acceptors (Lipinski definition) is 1. The van der Waals surface area contributed by atoms with Gasteiger partial charge in [-0.1, -0.05) is 78.2 Å². The molecule has 0 bridgehead atoms. The molecule has 19 heavy (non-hydrogen) atoms. The van der Waals surface area contributed by atoms with Gasteiger partial charge in [-0.15, -0.1) is 0 Å². The van der Waals surface area contributed by atoms with E-state index in [1.807, 2.05) is 0 Å². The van der Waals surface area contributed by atoms with E-state index in [1.165, 1.54) is 51.4 Å². The van der Waals surface area contributed by atoms with E-state index in [4.69, 9.17) is 5.11 Å². The molecular formula is C17H32O2. The number of carbonyl (C=O) groups is 1. The molecule has 112 valence electrons. The maximum atomic E-state index is 10.5. The van der Waals surface area contributed by atoms with Gasteiger partial charge in [0.25, 0.3) is 0 Å². The quantitative estimate of drug-likeness (QED) is 0.350. The molecule has 0 amide bonds. The van der Waals surface area contributed by atoms with Gasteiger partial charge in [-0.2, -0.15) is 0 Å². The lowest BCUT2D eigenvalue weighted by Crippen LogP contribution is -1.98. The van der Waals surface area contributed by atoms with Crippen LogP contribution in [-0.4, -0.2) is 11.1 Å². The molecule has 0 aliphatic carbocycles. The Morgan fingerprint density at radius 2 is 1.32 bits per heavy atom. The van der Waals surface area contributed by atoms with Crippen LogP contribution in [0, 0.1) is 5.92 Å². The molecule has 1 N–H and O–H groups in total. The zero-order chi connectivity index (χ0) is 14.5. The highest BCUT2D eigenvalue weighted by Gasteiger charge is 2.02. The van der Waals surface area contributed by atoms with Crippen LogP contribution >= 0.6 is 0 Å². The van der Waals surface area contributed by atoms with Crippen molar-refractivity contribution >= 4 is 5.97 Å². The number of hydrogen-bond donors (Lipinski definition) is 1. The van der Waals surface area contributed by atoms with E-state index in [1.54, 1.807) is 0 Å². The number of aliphatic carboxylic acids is 1. The first-order chi connectivity index (χ1) is 9.04. The largest absolute Gasteiger partial charge is 0.478 e. The SMILES string of the molecule is C=C(CCCCCCCCCCCC(C)C)C(=O)O. The van der Waals surface area contributed by atoms with Crippen molar-refractivity contribution in [3.05, 3.63) is 12.2 Å². The van der Waals surface area contributed by atoms with Crippen LogP contribution in [0.1, 0.15) is 84.5 Å². The Kier molecular flexibility index (Phi) is 11.7. The van der Waals surface area contributed by atoms with Crippen molar-refractivity contribution in [2.75, 3.05) is 0 Å². The van der Waals surface area contributed by atoms with Crippen LogP contribution < -0.4 is 0 Å². The molecule has 0 rings (SSSR count). The topological polar surface area (TPSA) is 37.3 Å². The first-order valence-electron chi connectivity index (χ1n) is 7.95. The lowest BCUT2D eigenvalue weighted by Gasteiger charge is -2.04. The summed E-state index contributed by atoms with van der Waals surface area (Å²) in [5, 5.41) is 8.66. The van der Waals surface area contributed by atoms with Crippen molar-refractivity contribution < 1.29 is 9.90 Å². The van der Waals surface area contributed by atoms with Gasteiger partial charge in [-0.3, -0.25) is 0 Å². The maximum absolute atomic E-state index is 10.5. The summed E-state index contributed by atoms with van der Waals surface area (Å²) in [7, 11) is 0.